The van der Waals surface area contributed by atoms with Gasteiger partial charge in [-0.2, -0.15) is 0 Å². The molecule has 100 valence electrons. The van der Waals surface area contributed by atoms with Crippen molar-refractivity contribution in [1.82, 2.24) is 10.2 Å². The number of nitrogens with one attached hydrogen (secondary N) is 1. The van der Waals surface area contributed by atoms with Gasteiger partial charge in [-0.25, -0.2) is 4.79 Å². The highest BCUT2D eigenvalue weighted by atomic mass is 16.6. The number of amides is 1. The van der Waals surface area contributed by atoms with Crippen molar-refractivity contribution in [2.24, 2.45) is 0 Å². The van der Waals surface area contributed by atoms with E-state index in [1.54, 1.807) is 12.0 Å². The van der Waals surface area contributed by atoms with Crippen LogP contribution in [0, 0.1) is 0 Å². The van der Waals surface area contributed by atoms with Gasteiger partial charge < -0.3 is 19.7 Å². The van der Waals surface area contributed by atoms with Gasteiger partial charge >= 0.3 is 6.09 Å². The molecule has 0 radical (unpaired) electrons. The molecular formula is C12H24N2O3. The van der Waals surface area contributed by atoms with Crippen LogP contribution in [-0.4, -0.2) is 56.0 Å². The predicted octanol–water partition coefficient (Wildman–Crippen LogP) is 1.23. The number of nitrogens with zero attached hydrogens (tertiary/aromatic N) is 1. The summed E-state index contributed by atoms with van der Waals surface area (Å²) in [5.74, 6) is 0. The SMILES string of the molecule is CN[C@@H]1CCN(C(=O)OC(C)(C)C)C[C@H]1OC. The summed E-state index contributed by atoms with van der Waals surface area (Å²) in [5, 5.41) is 3.21. The summed E-state index contributed by atoms with van der Waals surface area (Å²) in [6.07, 6.45) is 0.657. The molecule has 5 nitrogen and oxygen atoms in total. The van der Waals surface area contributed by atoms with Gasteiger partial charge in [-0.1, -0.05) is 0 Å². The largest absolute Gasteiger partial charge is 0.444 e. The molecule has 1 rings (SSSR count). The van der Waals surface area contributed by atoms with Crippen LogP contribution in [0.3, 0.4) is 0 Å². The van der Waals surface area contributed by atoms with Crippen LogP contribution in [0.25, 0.3) is 0 Å². The van der Waals surface area contributed by atoms with E-state index in [0.29, 0.717) is 19.1 Å². The summed E-state index contributed by atoms with van der Waals surface area (Å²) in [6.45, 7) is 6.91. The van der Waals surface area contributed by atoms with Crippen LogP contribution in [0.1, 0.15) is 27.2 Å². The number of likely N-dealkylation sites (tertiary alicyclic amines) is 1. The molecule has 0 aliphatic carbocycles. The zero-order chi connectivity index (χ0) is 13.1. The molecule has 0 aromatic carbocycles. The molecule has 1 fully saturated rings. The standard InChI is InChI=1S/C12H24N2O3/c1-12(2,3)17-11(15)14-7-6-9(13-4)10(8-14)16-5/h9-10,13H,6-8H2,1-5H3/t9-,10-/m1/s1. The van der Waals surface area contributed by atoms with E-state index < -0.39 is 5.60 Å². The second-order valence-corrected chi connectivity index (χ2v) is 5.38. The number of likely N-dealkylation sites (N-methyl/N-ethyl adjacent to an activating group) is 1. The summed E-state index contributed by atoms with van der Waals surface area (Å²) in [6, 6.07) is 0.304. The fourth-order valence-corrected chi connectivity index (χ4v) is 1.98. The molecule has 1 saturated heterocycles. The third-order valence-corrected chi connectivity index (χ3v) is 2.88. The van der Waals surface area contributed by atoms with Crippen LogP contribution in [0.4, 0.5) is 4.79 Å². The van der Waals surface area contributed by atoms with Gasteiger partial charge in [0.25, 0.3) is 0 Å². The summed E-state index contributed by atoms with van der Waals surface area (Å²) in [7, 11) is 3.59. The van der Waals surface area contributed by atoms with Gasteiger partial charge in [0.2, 0.25) is 0 Å². The Morgan fingerprint density at radius 1 is 1.41 bits per heavy atom. The fourth-order valence-electron chi connectivity index (χ4n) is 1.98. The Bertz CT molecular complexity index is 263. The summed E-state index contributed by atoms with van der Waals surface area (Å²) in [5.41, 5.74) is -0.445. The Morgan fingerprint density at radius 3 is 2.53 bits per heavy atom. The number of rotatable bonds is 2. The van der Waals surface area contributed by atoms with Crippen molar-refractivity contribution in [3.63, 3.8) is 0 Å². The van der Waals surface area contributed by atoms with E-state index in [-0.39, 0.29) is 12.2 Å². The van der Waals surface area contributed by atoms with Crippen molar-refractivity contribution in [3.8, 4) is 0 Å². The molecule has 1 heterocycles. The molecule has 0 spiro atoms. The minimum atomic E-state index is -0.445. The highest BCUT2D eigenvalue weighted by molar-refractivity contribution is 5.68. The zero-order valence-electron chi connectivity index (χ0n) is 11.4. The maximum atomic E-state index is 11.9. The number of piperidine rings is 1. The fraction of sp³-hybridized carbons (Fsp3) is 0.917. The highest BCUT2D eigenvalue weighted by Gasteiger charge is 2.32. The van der Waals surface area contributed by atoms with Crippen LogP contribution in [0.5, 0.6) is 0 Å². The second kappa shape index (κ2) is 5.69. The van der Waals surface area contributed by atoms with Crippen molar-refractivity contribution in [3.05, 3.63) is 0 Å². The molecule has 1 aliphatic heterocycles. The number of methoxy groups -OCH3 is 1. The molecule has 5 heteroatoms. The number of carbonyl (C=O) groups excluding carboxylic acids is 1. The number of carbonyl (C=O) groups is 1. The average Bonchev–Trinajstić information content (AvgIpc) is 2.25. The van der Waals surface area contributed by atoms with Crippen LogP contribution in [-0.2, 0) is 9.47 Å². The van der Waals surface area contributed by atoms with Gasteiger partial charge in [0.05, 0.1) is 12.6 Å². The first kappa shape index (κ1) is 14.3. The molecule has 0 aromatic heterocycles. The van der Waals surface area contributed by atoms with E-state index in [0.717, 1.165) is 6.42 Å². The quantitative estimate of drug-likeness (QED) is 0.794. The van der Waals surface area contributed by atoms with Crippen molar-refractivity contribution < 1.29 is 14.3 Å². The Kier molecular flexibility index (Phi) is 4.77. The normalized spacial score (nSPS) is 25.8. The monoisotopic (exact) mass is 244 g/mol. The van der Waals surface area contributed by atoms with Crippen LogP contribution in [0.15, 0.2) is 0 Å². The Labute approximate surface area is 103 Å². The van der Waals surface area contributed by atoms with E-state index in [1.807, 2.05) is 27.8 Å². The maximum absolute atomic E-state index is 11.9. The molecule has 2 atom stereocenters. The first-order chi connectivity index (χ1) is 7.87. The minimum Gasteiger partial charge on any atom is -0.444 e. The molecule has 1 amide bonds. The smallest absolute Gasteiger partial charge is 0.410 e. The van der Waals surface area contributed by atoms with Crippen molar-refractivity contribution >= 4 is 6.09 Å². The number of ether oxygens (including phenoxy) is 2. The van der Waals surface area contributed by atoms with E-state index in [2.05, 4.69) is 5.32 Å². The molecular weight excluding hydrogens is 220 g/mol. The summed E-state index contributed by atoms with van der Waals surface area (Å²) in [4.78, 5) is 13.6. The predicted molar refractivity (Wildman–Crippen MR) is 66.1 cm³/mol. The topological polar surface area (TPSA) is 50.8 Å². The third kappa shape index (κ3) is 4.16. The lowest BCUT2D eigenvalue weighted by Gasteiger charge is -2.38. The molecule has 0 saturated carbocycles. The van der Waals surface area contributed by atoms with Crippen LogP contribution >= 0.6 is 0 Å². The van der Waals surface area contributed by atoms with Crippen LogP contribution < -0.4 is 5.32 Å². The second-order valence-electron chi connectivity index (χ2n) is 5.38. The third-order valence-electron chi connectivity index (χ3n) is 2.88. The van der Waals surface area contributed by atoms with E-state index in [9.17, 15) is 4.79 Å². The molecule has 0 aromatic rings. The van der Waals surface area contributed by atoms with Crippen LogP contribution in [0.2, 0.25) is 0 Å². The lowest BCUT2D eigenvalue weighted by Crippen LogP contribution is -2.54. The zero-order valence-corrected chi connectivity index (χ0v) is 11.4. The van der Waals surface area contributed by atoms with E-state index >= 15 is 0 Å². The van der Waals surface area contributed by atoms with E-state index in [1.165, 1.54) is 0 Å². The number of hydrogen-bond acceptors (Lipinski definition) is 4. The average molecular weight is 244 g/mol. The van der Waals surface area contributed by atoms with Crippen molar-refractivity contribution in [2.75, 3.05) is 27.2 Å². The first-order valence-electron chi connectivity index (χ1n) is 6.05. The van der Waals surface area contributed by atoms with Gasteiger partial charge in [0, 0.05) is 19.7 Å². The van der Waals surface area contributed by atoms with Gasteiger partial charge in [-0.15, -0.1) is 0 Å². The molecule has 1 N–H and O–H groups in total. The highest BCUT2D eigenvalue weighted by Crippen LogP contribution is 2.17. The molecule has 0 bridgehead atoms. The molecule has 17 heavy (non-hydrogen) atoms. The van der Waals surface area contributed by atoms with E-state index in [4.69, 9.17) is 9.47 Å². The van der Waals surface area contributed by atoms with Crippen molar-refractivity contribution in [1.29, 1.82) is 0 Å². The lowest BCUT2D eigenvalue weighted by molar-refractivity contribution is -0.0170. The van der Waals surface area contributed by atoms with Gasteiger partial charge in [0.1, 0.15) is 5.60 Å². The van der Waals surface area contributed by atoms with Gasteiger partial charge in [-0.3, -0.25) is 0 Å². The van der Waals surface area contributed by atoms with Gasteiger partial charge in [-0.05, 0) is 34.2 Å². The maximum Gasteiger partial charge on any atom is 0.410 e. The molecule has 1 aliphatic rings. The minimum absolute atomic E-state index is 0.0290. The first-order valence-corrected chi connectivity index (χ1v) is 6.05. The Morgan fingerprint density at radius 2 is 2.06 bits per heavy atom. The van der Waals surface area contributed by atoms with Crippen molar-refractivity contribution in [2.45, 2.75) is 44.9 Å². The Balaban J connectivity index is 2.54. The van der Waals surface area contributed by atoms with Gasteiger partial charge in [0.15, 0.2) is 0 Å². The summed E-state index contributed by atoms with van der Waals surface area (Å²) >= 11 is 0. The lowest BCUT2D eigenvalue weighted by atomic mass is 10.0. The summed E-state index contributed by atoms with van der Waals surface area (Å²) < 4.78 is 10.7. The molecule has 0 unspecified atom stereocenters. The number of hydrogen-bond donors (Lipinski definition) is 1. The Hall–Kier alpha value is -0.810.